The lowest BCUT2D eigenvalue weighted by atomic mass is 9.93. The highest BCUT2D eigenvalue weighted by atomic mass is 32.2. The Balaban J connectivity index is 1.84. The molecule has 0 atom stereocenters. The van der Waals surface area contributed by atoms with Crippen LogP contribution in [0.15, 0.2) is 24.3 Å². The van der Waals surface area contributed by atoms with Crippen molar-refractivity contribution in [3.05, 3.63) is 29.8 Å². The molecule has 2 rings (SSSR count). The van der Waals surface area contributed by atoms with Gasteiger partial charge < -0.3 is 9.64 Å². The minimum Gasteiger partial charge on any atom is -0.497 e. The van der Waals surface area contributed by atoms with E-state index >= 15 is 0 Å². The number of carbonyl (C=O) groups is 1. The van der Waals surface area contributed by atoms with E-state index in [0.29, 0.717) is 36.9 Å². The van der Waals surface area contributed by atoms with E-state index in [9.17, 15) is 13.2 Å². The smallest absolute Gasteiger partial charge is 0.253 e. The van der Waals surface area contributed by atoms with E-state index in [1.54, 1.807) is 19.2 Å². The van der Waals surface area contributed by atoms with Crippen molar-refractivity contribution in [2.45, 2.75) is 19.3 Å². The molecule has 0 unspecified atom stereocenters. The van der Waals surface area contributed by atoms with Crippen LogP contribution in [0.4, 0.5) is 0 Å². The van der Waals surface area contributed by atoms with Gasteiger partial charge in [0.25, 0.3) is 5.91 Å². The van der Waals surface area contributed by atoms with Gasteiger partial charge in [0.15, 0.2) is 0 Å². The average molecular weight is 326 g/mol. The predicted molar refractivity (Wildman–Crippen MR) is 84.6 cm³/mol. The van der Waals surface area contributed by atoms with E-state index in [1.165, 1.54) is 0 Å². The summed E-state index contributed by atoms with van der Waals surface area (Å²) in [5.41, 5.74) is 0.641. The molecule has 22 heavy (non-hydrogen) atoms. The lowest BCUT2D eigenvalue weighted by Crippen LogP contribution is -2.39. The molecule has 7 heteroatoms. The number of rotatable bonds is 6. The molecule has 122 valence electrons. The van der Waals surface area contributed by atoms with Gasteiger partial charge in [0.1, 0.15) is 5.75 Å². The molecule has 0 aromatic heterocycles. The second kappa shape index (κ2) is 8.14. The van der Waals surface area contributed by atoms with E-state index < -0.39 is 10.9 Å². The largest absolute Gasteiger partial charge is 0.497 e. The summed E-state index contributed by atoms with van der Waals surface area (Å²) in [7, 11) is -0.926. The first-order valence-corrected chi connectivity index (χ1v) is 8.59. The third kappa shape index (κ3) is 4.71. The average Bonchev–Trinajstić information content (AvgIpc) is 2.54. The number of hydrogen-bond acceptors (Lipinski definition) is 4. The van der Waals surface area contributed by atoms with Crippen LogP contribution in [0.25, 0.3) is 0 Å². The van der Waals surface area contributed by atoms with Gasteiger partial charge in [-0.25, -0.2) is 13.1 Å². The van der Waals surface area contributed by atoms with Crippen LogP contribution in [0.1, 0.15) is 29.6 Å². The van der Waals surface area contributed by atoms with Gasteiger partial charge in [-0.2, -0.15) is 0 Å². The molecular formula is C15H22N2O4S. The molecule has 1 aromatic carbocycles. The zero-order valence-corrected chi connectivity index (χ0v) is 13.6. The van der Waals surface area contributed by atoms with Crippen molar-refractivity contribution in [1.29, 1.82) is 0 Å². The molecule has 6 nitrogen and oxygen atoms in total. The standard InChI is InChI=1S/C15H22N2O4S/c1-21-14-4-2-3-13(11-14)15(18)17-9-6-12(7-10-17)5-8-16-22(19)20/h2-4,11-12,22H,5-10H2,1H3,(H,16,19,20). The molecule has 1 aliphatic rings. The van der Waals surface area contributed by atoms with Gasteiger partial charge >= 0.3 is 0 Å². The van der Waals surface area contributed by atoms with Crippen LogP contribution in [0.2, 0.25) is 0 Å². The maximum absolute atomic E-state index is 12.5. The van der Waals surface area contributed by atoms with Crippen molar-refractivity contribution in [2.24, 2.45) is 5.92 Å². The summed E-state index contributed by atoms with van der Waals surface area (Å²) in [5.74, 6) is 1.17. The maximum Gasteiger partial charge on any atom is 0.253 e. The number of hydrogen-bond donors (Lipinski definition) is 2. The molecule has 1 heterocycles. The zero-order valence-electron chi connectivity index (χ0n) is 12.7. The van der Waals surface area contributed by atoms with Crippen molar-refractivity contribution in [1.82, 2.24) is 9.62 Å². The Bertz CT molecular complexity index is 573. The third-order valence-electron chi connectivity index (χ3n) is 4.01. The normalized spacial score (nSPS) is 16.0. The Morgan fingerprint density at radius 1 is 1.36 bits per heavy atom. The summed E-state index contributed by atoms with van der Waals surface area (Å²) < 4.78 is 28.5. The molecule has 1 aliphatic heterocycles. The number of piperidine rings is 1. The Labute approximate surface area is 132 Å². The van der Waals surface area contributed by atoms with Gasteiger partial charge in [-0.05, 0) is 43.4 Å². The summed E-state index contributed by atoms with van der Waals surface area (Å²) in [4.78, 5) is 14.3. The SMILES string of the molecule is COc1cccc(C(=O)N2CCC(CCN[SH](=O)=O)CC2)c1. The second-order valence-corrected chi connectivity index (χ2v) is 6.25. The van der Waals surface area contributed by atoms with E-state index in [1.807, 2.05) is 17.0 Å². The number of benzene rings is 1. The van der Waals surface area contributed by atoms with Crippen LogP contribution in [-0.2, 0) is 10.9 Å². The lowest BCUT2D eigenvalue weighted by Gasteiger charge is -2.32. The summed E-state index contributed by atoms with van der Waals surface area (Å²) in [6.45, 7) is 1.90. The minimum absolute atomic E-state index is 0.0260. The highest BCUT2D eigenvalue weighted by Crippen LogP contribution is 2.22. The fourth-order valence-electron chi connectivity index (χ4n) is 2.72. The van der Waals surface area contributed by atoms with Gasteiger partial charge in [-0.1, -0.05) is 6.07 Å². The van der Waals surface area contributed by atoms with Crippen molar-refractivity contribution in [2.75, 3.05) is 26.7 Å². The summed E-state index contributed by atoms with van der Waals surface area (Å²) in [6, 6.07) is 7.18. The number of amides is 1. The molecule has 1 amide bonds. The molecule has 1 fully saturated rings. The number of likely N-dealkylation sites (tertiary alicyclic amines) is 1. The minimum atomic E-state index is -2.51. The van der Waals surface area contributed by atoms with Crippen molar-refractivity contribution >= 4 is 16.8 Å². The molecule has 0 bridgehead atoms. The molecular weight excluding hydrogens is 304 g/mol. The number of thiol groups is 1. The molecule has 1 aromatic rings. The van der Waals surface area contributed by atoms with Gasteiger partial charge in [0, 0.05) is 25.2 Å². The topological polar surface area (TPSA) is 75.7 Å². The molecule has 1 N–H and O–H groups in total. The van der Waals surface area contributed by atoms with Crippen molar-refractivity contribution in [3.63, 3.8) is 0 Å². The molecule has 0 spiro atoms. The first kappa shape index (κ1) is 16.8. The van der Waals surface area contributed by atoms with E-state index in [2.05, 4.69) is 4.72 Å². The Hall–Kier alpha value is -1.60. The summed E-state index contributed by atoms with van der Waals surface area (Å²) in [5, 5.41) is 0. The van der Waals surface area contributed by atoms with E-state index in [-0.39, 0.29) is 5.91 Å². The first-order valence-electron chi connectivity index (χ1n) is 7.41. The Morgan fingerprint density at radius 2 is 2.09 bits per heavy atom. The van der Waals surface area contributed by atoms with Gasteiger partial charge in [-0.15, -0.1) is 0 Å². The number of nitrogens with zero attached hydrogens (tertiary/aromatic N) is 1. The van der Waals surface area contributed by atoms with Crippen LogP contribution >= 0.6 is 0 Å². The highest BCUT2D eigenvalue weighted by molar-refractivity contribution is 7.70. The van der Waals surface area contributed by atoms with E-state index in [4.69, 9.17) is 4.74 Å². The maximum atomic E-state index is 12.5. The monoisotopic (exact) mass is 326 g/mol. The molecule has 1 saturated heterocycles. The predicted octanol–water partition coefficient (Wildman–Crippen LogP) is 1.05. The fraction of sp³-hybridized carbons (Fsp3) is 0.533. The number of carbonyl (C=O) groups excluding carboxylic acids is 1. The third-order valence-corrected chi connectivity index (χ3v) is 4.49. The van der Waals surface area contributed by atoms with Crippen LogP contribution in [0.5, 0.6) is 5.75 Å². The second-order valence-electron chi connectivity index (χ2n) is 5.42. The van der Waals surface area contributed by atoms with E-state index in [0.717, 1.165) is 19.3 Å². The van der Waals surface area contributed by atoms with Gasteiger partial charge in [-0.3, -0.25) is 4.79 Å². The summed E-state index contributed by atoms with van der Waals surface area (Å²) in [6.07, 6.45) is 2.64. The van der Waals surface area contributed by atoms with Gasteiger partial charge in [0.2, 0.25) is 10.9 Å². The van der Waals surface area contributed by atoms with Crippen LogP contribution < -0.4 is 9.46 Å². The first-order chi connectivity index (χ1) is 10.6. The van der Waals surface area contributed by atoms with Crippen LogP contribution in [0.3, 0.4) is 0 Å². The number of methoxy groups -OCH3 is 1. The molecule has 0 saturated carbocycles. The zero-order chi connectivity index (χ0) is 15.9. The molecule has 0 aliphatic carbocycles. The Morgan fingerprint density at radius 3 is 2.73 bits per heavy atom. The quantitative estimate of drug-likeness (QED) is 0.766. The van der Waals surface area contributed by atoms with Gasteiger partial charge in [0.05, 0.1) is 7.11 Å². The summed E-state index contributed by atoms with van der Waals surface area (Å²) >= 11 is 0. The molecule has 0 radical (unpaired) electrons. The highest BCUT2D eigenvalue weighted by Gasteiger charge is 2.23. The fourth-order valence-corrected chi connectivity index (χ4v) is 3.04. The van der Waals surface area contributed by atoms with Crippen molar-refractivity contribution in [3.8, 4) is 5.75 Å². The van der Waals surface area contributed by atoms with Crippen molar-refractivity contribution < 1.29 is 17.9 Å². The number of nitrogens with one attached hydrogen (secondary N) is 1. The Kier molecular flexibility index (Phi) is 6.21. The van der Waals surface area contributed by atoms with Crippen LogP contribution in [0, 0.1) is 5.92 Å². The lowest BCUT2D eigenvalue weighted by molar-refractivity contribution is 0.0687. The van der Waals surface area contributed by atoms with Crippen LogP contribution in [-0.4, -0.2) is 46.0 Å². The number of ether oxygens (including phenoxy) is 1.